The third-order valence-electron chi connectivity index (χ3n) is 4.30. The fourth-order valence-corrected chi connectivity index (χ4v) is 3.94. The molecule has 0 unspecified atom stereocenters. The van der Waals surface area contributed by atoms with Gasteiger partial charge in [-0.3, -0.25) is 9.69 Å². The van der Waals surface area contributed by atoms with E-state index in [1.807, 2.05) is 11.4 Å². The summed E-state index contributed by atoms with van der Waals surface area (Å²) in [7, 11) is 0. The van der Waals surface area contributed by atoms with Gasteiger partial charge >= 0.3 is 5.97 Å². The molecular formula is C22H19Cl2N3O3S. The van der Waals surface area contributed by atoms with E-state index in [2.05, 4.69) is 16.5 Å². The number of thiazole rings is 1. The number of pyridine rings is 1. The summed E-state index contributed by atoms with van der Waals surface area (Å²) in [6.45, 7) is 7.63. The molecule has 6 nitrogen and oxygen atoms in total. The van der Waals surface area contributed by atoms with Crippen LogP contribution in [0.1, 0.15) is 33.5 Å². The van der Waals surface area contributed by atoms with Gasteiger partial charge in [-0.15, -0.1) is 17.9 Å². The molecule has 1 aromatic carbocycles. The number of nitrogens with zero attached hydrogens (tertiary/aromatic N) is 3. The molecule has 0 fully saturated rings. The van der Waals surface area contributed by atoms with Crippen LogP contribution >= 0.6 is 34.5 Å². The molecule has 2 heterocycles. The number of aryl methyl sites for hydroxylation is 1. The summed E-state index contributed by atoms with van der Waals surface area (Å²) in [5.41, 5.74) is 2.39. The van der Waals surface area contributed by atoms with Crippen molar-refractivity contribution in [3.05, 3.63) is 75.4 Å². The van der Waals surface area contributed by atoms with E-state index in [9.17, 15) is 9.59 Å². The number of halogens is 2. The number of carbonyl (C=O) groups is 2. The molecule has 9 heteroatoms. The molecular weight excluding hydrogens is 457 g/mol. The van der Waals surface area contributed by atoms with Crippen molar-refractivity contribution in [2.75, 3.05) is 18.1 Å². The zero-order valence-corrected chi connectivity index (χ0v) is 19.2. The van der Waals surface area contributed by atoms with Crippen LogP contribution in [0.2, 0.25) is 10.0 Å². The number of carbonyl (C=O) groups excluding carboxylic acids is 2. The van der Waals surface area contributed by atoms with Gasteiger partial charge < -0.3 is 4.74 Å². The average molecular weight is 476 g/mol. The van der Waals surface area contributed by atoms with Crippen LogP contribution in [-0.4, -0.2) is 35.0 Å². The Bertz CT molecular complexity index is 1150. The SMILES string of the molecule is C=CCN(C(=O)c1ccc(C(=O)OCC)c(C)n1)c1nc(-c2ccc(Cl)c(Cl)c2)cs1. The first-order valence-electron chi connectivity index (χ1n) is 9.34. The van der Waals surface area contributed by atoms with E-state index in [1.54, 1.807) is 38.1 Å². The van der Waals surface area contributed by atoms with E-state index in [1.165, 1.54) is 22.3 Å². The lowest BCUT2D eigenvalue weighted by Gasteiger charge is -2.18. The molecule has 0 saturated heterocycles. The van der Waals surface area contributed by atoms with Crippen LogP contribution in [0.15, 0.2) is 48.4 Å². The summed E-state index contributed by atoms with van der Waals surface area (Å²) in [6, 6.07) is 8.28. The van der Waals surface area contributed by atoms with Crippen LogP contribution < -0.4 is 4.90 Å². The Labute approximate surface area is 194 Å². The first-order chi connectivity index (χ1) is 14.8. The van der Waals surface area contributed by atoms with E-state index in [0.717, 1.165) is 5.56 Å². The van der Waals surface area contributed by atoms with Gasteiger partial charge in [0.05, 0.1) is 33.6 Å². The molecule has 0 aliphatic heterocycles. The Morgan fingerprint density at radius 1 is 1.19 bits per heavy atom. The second kappa shape index (κ2) is 10.0. The minimum absolute atomic E-state index is 0.193. The van der Waals surface area contributed by atoms with Crippen LogP contribution in [0.4, 0.5) is 5.13 Å². The third-order valence-corrected chi connectivity index (χ3v) is 5.90. The van der Waals surface area contributed by atoms with Crippen molar-refractivity contribution >= 4 is 51.5 Å². The largest absolute Gasteiger partial charge is 0.462 e. The van der Waals surface area contributed by atoms with Crippen molar-refractivity contribution in [3.63, 3.8) is 0 Å². The molecule has 31 heavy (non-hydrogen) atoms. The number of amides is 1. The Hall–Kier alpha value is -2.74. The average Bonchev–Trinajstić information content (AvgIpc) is 3.23. The molecule has 0 saturated carbocycles. The van der Waals surface area contributed by atoms with Crippen LogP contribution in [0, 0.1) is 6.92 Å². The molecule has 0 N–H and O–H groups in total. The highest BCUT2D eigenvalue weighted by Gasteiger charge is 2.23. The van der Waals surface area contributed by atoms with Gasteiger partial charge in [0.2, 0.25) is 0 Å². The number of hydrogen-bond donors (Lipinski definition) is 0. The Kier molecular flexibility index (Phi) is 7.43. The summed E-state index contributed by atoms with van der Waals surface area (Å²) in [5.74, 6) is -0.825. The van der Waals surface area contributed by atoms with Gasteiger partial charge in [-0.25, -0.2) is 14.8 Å². The summed E-state index contributed by atoms with van der Waals surface area (Å²) >= 11 is 13.4. The minimum Gasteiger partial charge on any atom is -0.462 e. The minimum atomic E-state index is -0.472. The second-order valence-corrected chi connectivity index (χ2v) is 8.05. The van der Waals surface area contributed by atoms with Crippen molar-refractivity contribution in [1.82, 2.24) is 9.97 Å². The second-order valence-electron chi connectivity index (χ2n) is 6.40. The Balaban J connectivity index is 1.90. The van der Waals surface area contributed by atoms with E-state index in [4.69, 9.17) is 27.9 Å². The molecule has 0 radical (unpaired) electrons. The molecule has 160 valence electrons. The number of anilines is 1. The molecule has 0 atom stereocenters. The van der Waals surface area contributed by atoms with Gasteiger partial charge in [0.15, 0.2) is 5.13 Å². The van der Waals surface area contributed by atoms with Gasteiger partial charge in [0.1, 0.15) is 5.69 Å². The topological polar surface area (TPSA) is 72.4 Å². The number of aromatic nitrogens is 2. The summed E-state index contributed by atoms with van der Waals surface area (Å²) in [4.78, 5) is 35.5. The fourth-order valence-electron chi connectivity index (χ4n) is 2.80. The van der Waals surface area contributed by atoms with E-state index in [-0.39, 0.29) is 24.8 Å². The molecule has 0 aliphatic rings. The highest BCUT2D eigenvalue weighted by atomic mass is 35.5. The molecule has 3 aromatic rings. The smallest absolute Gasteiger partial charge is 0.339 e. The van der Waals surface area contributed by atoms with Crippen molar-refractivity contribution in [3.8, 4) is 11.3 Å². The molecule has 1 amide bonds. The lowest BCUT2D eigenvalue weighted by molar-refractivity contribution is 0.0524. The number of benzene rings is 1. The molecule has 3 rings (SSSR count). The van der Waals surface area contributed by atoms with Gasteiger partial charge in [-0.1, -0.05) is 35.3 Å². The number of hydrogen-bond acceptors (Lipinski definition) is 6. The first-order valence-corrected chi connectivity index (χ1v) is 11.0. The first kappa shape index (κ1) is 22.9. The highest BCUT2D eigenvalue weighted by Crippen LogP contribution is 2.32. The molecule has 2 aromatic heterocycles. The van der Waals surface area contributed by atoms with Crippen LogP contribution in [-0.2, 0) is 4.74 Å². The predicted molar refractivity (Wildman–Crippen MR) is 124 cm³/mol. The van der Waals surface area contributed by atoms with E-state index >= 15 is 0 Å². The summed E-state index contributed by atoms with van der Waals surface area (Å²) < 4.78 is 5.01. The molecule has 0 aliphatic carbocycles. The van der Waals surface area contributed by atoms with Crippen molar-refractivity contribution in [2.24, 2.45) is 0 Å². The zero-order valence-electron chi connectivity index (χ0n) is 16.9. The lowest BCUT2D eigenvalue weighted by atomic mass is 10.1. The van der Waals surface area contributed by atoms with Crippen LogP contribution in [0.3, 0.4) is 0 Å². The van der Waals surface area contributed by atoms with Crippen LogP contribution in [0.5, 0.6) is 0 Å². The van der Waals surface area contributed by atoms with Crippen LogP contribution in [0.25, 0.3) is 11.3 Å². The third kappa shape index (κ3) is 5.12. The Morgan fingerprint density at radius 3 is 2.61 bits per heavy atom. The number of esters is 1. The zero-order chi connectivity index (χ0) is 22.5. The van der Waals surface area contributed by atoms with E-state index < -0.39 is 5.97 Å². The number of ether oxygens (including phenoxy) is 1. The predicted octanol–water partition coefficient (Wildman–Crippen LogP) is 5.83. The molecule has 0 spiro atoms. The van der Waals surface area contributed by atoms with Crippen molar-refractivity contribution in [2.45, 2.75) is 13.8 Å². The standard InChI is InChI=1S/C22H19Cl2N3O3S/c1-4-10-27(20(28)18-9-7-15(13(3)25-18)21(29)30-5-2)22-26-19(12-31-22)14-6-8-16(23)17(24)11-14/h4,6-9,11-12H,1,5,10H2,2-3H3. The van der Waals surface area contributed by atoms with Gasteiger partial charge in [-0.2, -0.15) is 0 Å². The monoisotopic (exact) mass is 475 g/mol. The quantitative estimate of drug-likeness (QED) is 0.317. The summed E-state index contributed by atoms with van der Waals surface area (Å²) in [5, 5.41) is 3.20. The maximum Gasteiger partial charge on any atom is 0.339 e. The van der Waals surface area contributed by atoms with Gasteiger partial charge in [0.25, 0.3) is 5.91 Å². The maximum absolute atomic E-state index is 13.2. The van der Waals surface area contributed by atoms with Crippen molar-refractivity contribution in [1.29, 1.82) is 0 Å². The highest BCUT2D eigenvalue weighted by molar-refractivity contribution is 7.14. The number of rotatable bonds is 7. The van der Waals surface area contributed by atoms with E-state index in [0.29, 0.717) is 32.1 Å². The van der Waals surface area contributed by atoms with Gasteiger partial charge in [0, 0.05) is 17.5 Å². The maximum atomic E-state index is 13.2. The lowest BCUT2D eigenvalue weighted by Crippen LogP contribution is -2.32. The van der Waals surface area contributed by atoms with Crippen molar-refractivity contribution < 1.29 is 14.3 Å². The fraction of sp³-hybridized carbons (Fsp3) is 0.182. The normalized spacial score (nSPS) is 10.6. The summed E-state index contributed by atoms with van der Waals surface area (Å²) in [6.07, 6.45) is 1.61. The van der Waals surface area contributed by atoms with Gasteiger partial charge in [-0.05, 0) is 38.1 Å². The molecule has 0 bridgehead atoms. The Morgan fingerprint density at radius 2 is 1.97 bits per heavy atom.